The molecule has 0 radical (unpaired) electrons. The maximum atomic E-state index is 12.0. The van der Waals surface area contributed by atoms with Gasteiger partial charge in [0.2, 0.25) is 5.91 Å². The van der Waals surface area contributed by atoms with Crippen molar-refractivity contribution in [2.75, 3.05) is 19.7 Å². The normalized spacial score (nSPS) is 15.8. The van der Waals surface area contributed by atoms with Gasteiger partial charge in [0.15, 0.2) is 0 Å². The highest BCUT2D eigenvalue weighted by Crippen LogP contribution is 2.14. The van der Waals surface area contributed by atoms with Gasteiger partial charge in [0, 0.05) is 18.7 Å². The molecule has 0 spiro atoms. The molecule has 1 fully saturated rings. The van der Waals surface area contributed by atoms with Crippen molar-refractivity contribution in [2.45, 2.75) is 13.0 Å². The Hall–Kier alpha value is -1.65. The summed E-state index contributed by atoms with van der Waals surface area (Å²) < 4.78 is 0. The average molecular weight is 246 g/mol. The molecule has 0 unspecified atom stereocenters. The predicted octanol–water partition coefficient (Wildman–Crippen LogP) is 0.756. The summed E-state index contributed by atoms with van der Waals surface area (Å²) in [7, 11) is 0. The van der Waals surface area contributed by atoms with Crippen LogP contribution in [0.4, 0.5) is 0 Å². The Kier molecular flexibility index (Phi) is 4.12. The second-order valence-corrected chi connectivity index (χ2v) is 4.45. The van der Waals surface area contributed by atoms with Crippen LogP contribution in [0, 0.1) is 0 Å². The first-order chi connectivity index (χ1) is 8.72. The van der Waals surface area contributed by atoms with Crippen LogP contribution < -0.4 is 10.6 Å². The van der Waals surface area contributed by atoms with Crippen LogP contribution in [0.2, 0.25) is 0 Å². The lowest BCUT2D eigenvalue weighted by Gasteiger charge is -2.23. The number of aliphatic hydroxyl groups excluding tert-OH is 1. The third-order valence-electron chi connectivity index (χ3n) is 3.24. The van der Waals surface area contributed by atoms with Crippen molar-refractivity contribution in [1.82, 2.24) is 10.6 Å². The summed E-state index contributed by atoms with van der Waals surface area (Å²) in [6.07, 6.45) is 0. The predicted molar refractivity (Wildman–Crippen MR) is 70.0 cm³/mol. The van der Waals surface area contributed by atoms with Gasteiger partial charge in [-0.1, -0.05) is 30.3 Å². The maximum absolute atomic E-state index is 12.0. The molecule has 4 nitrogen and oxygen atoms in total. The molecular weight excluding hydrogens is 228 g/mol. The molecule has 18 heavy (non-hydrogen) atoms. The van der Waals surface area contributed by atoms with Gasteiger partial charge in [-0.25, -0.2) is 0 Å². The highest BCUT2D eigenvalue weighted by molar-refractivity contribution is 5.94. The summed E-state index contributed by atoms with van der Waals surface area (Å²) in [6.45, 7) is 3.30. The van der Waals surface area contributed by atoms with Crippen molar-refractivity contribution in [2.24, 2.45) is 0 Å². The van der Waals surface area contributed by atoms with Crippen molar-refractivity contribution in [3.63, 3.8) is 0 Å². The Morgan fingerprint density at radius 2 is 2.06 bits per heavy atom. The first-order valence-corrected chi connectivity index (χ1v) is 6.08. The van der Waals surface area contributed by atoms with Crippen molar-refractivity contribution in [3.8, 4) is 0 Å². The molecular formula is C14H18N2O2. The van der Waals surface area contributed by atoms with E-state index in [-0.39, 0.29) is 18.6 Å². The van der Waals surface area contributed by atoms with Gasteiger partial charge in [0.05, 0.1) is 12.6 Å². The van der Waals surface area contributed by atoms with Crippen molar-refractivity contribution >= 4 is 5.91 Å². The highest BCUT2D eigenvalue weighted by atomic mass is 16.3. The van der Waals surface area contributed by atoms with E-state index >= 15 is 0 Å². The molecule has 1 amide bonds. The fourth-order valence-electron chi connectivity index (χ4n) is 1.86. The first-order valence-electron chi connectivity index (χ1n) is 6.08. The molecule has 1 saturated heterocycles. The van der Waals surface area contributed by atoms with Crippen molar-refractivity contribution in [3.05, 3.63) is 47.0 Å². The molecule has 3 N–H and O–H groups in total. The molecule has 1 atom stereocenters. The lowest BCUT2D eigenvalue weighted by Crippen LogP contribution is -2.38. The highest BCUT2D eigenvalue weighted by Gasteiger charge is 2.19. The van der Waals surface area contributed by atoms with Gasteiger partial charge in [-0.2, -0.15) is 0 Å². The van der Waals surface area contributed by atoms with E-state index in [1.165, 1.54) is 0 Å². The number of aliphatic hydroxyl groups is 1. The lowest BCUT2D eigenvalue weighted by atomic mass is 10.0. The summed E-state index contributed by atoms with van der Waals surface area (Å²) in [4.78, 5) is 12.0. The molecule has 0 bridgehead atoms. The van der Waals surface area contributed by atoms with E-state index in [1.54, 1.807) is 0 Å². The molecule has 4 heteroatoms. The molecule has 2 rings (SSSR count). The van der Waals surface area contributed by atoms with E-state index in [0.717, 1.165) is 29.8 Å². The fraction of sp³-hybridized carbons (Fsp3) is 0.357. The SMILES string of the molecule is CC(C(=O)N[C@H](CO)c1ccccc1)=C1CNC1. The van der Waals surface area contributed by atoms with Crippen LogP contribution >= 0.6 is 0 Å². The van der Waals surface area contributed by atoms with Crippen molar-refractivity contribution < 1.29 is 9.90 Å². The number of benzene rings is 1. The monoisotopic (exact) mass is 246 g/mol. The largest absolute Gasteiger partial charge is 0.394 e. The number of carbonyl (C=O) groups is 1. The molecule has 1 aliphatic heterocycles. The summed E-state index contributed by atoms with van der Waals surface area (Å²) in [5.41, 5.74) is 2.80. The molecule has 0 aromatic heterocycles. The smallest absolute Gasteiger partial charge is 0.247 e. The summed E-state index contributed by atoms with van der Waals surface area (Å²) in [5, 5.41) is 15.3. The van der Waals surface area contributed by atoms with Crippen LogP contribution in [-0.2, 0) is 4.79 Å². The summed E-state index contributed by atoms with van der Waals surface area (Å²) in [5.74, 6) is -0.102. The van der Waals surface area contributed by atoms with Crippen molar-refractivity contribution in [1.29, 1.82) is 0 Å². The number of hydrogen-bond acceptors (Lipinski definition) is 3. The minimum atomic E-state index is -0.345. The van der Waals surface area contributed by atoms with Gasteiger partial charge in [0.1, 0.15) is 0 Å². The molecule has 1 aliphatic rings. The van der Waals surface area contributed by atoms with E-state index in [2.05, 4.69) is 10.6 Å². The second-order valence-electron chi connectivity index (χ2n) is 4.45. The Balaban J connectivity index is 2.05. The van der Waals surface area contributed by atoms with Crippen LogP contribution in [0.25, 0.3) is 0 Å². The van der Waals surface area contributed by atoms with Crippen LogP contribution in [0.3, 0.4) is 0 Å². The second kappa shape index (κ2) is 5.80. The number of nitrogens with one attached hydrogen (secondary N) is 2. The van der Waals surface area contributed by atoms with Gasteiger partial charge in [0.25, 0.3) is 0 Å². The topological polar surface area (TPSA) is 61.4 Å². The van der Waals surface area contributed by atoms with E-state index in [4.69, 9.17) is 0 Å². The number of carbonyl (C=O) groups excluding carboxylic acids is 1. The van der Waals surface area contributed by atoms with Gasteiger partial charge < -0.3 is 15.7 Å². The standard InChI is InChI=1S/C14H18N2O2/c1-10(12-7-15-8-12)14(18)16-13(9-17)11-5-3-2-4-6-11/h2-6,13,15,17H,7-9H2,1H3,(H,16,18)/t13-/m1/s1. The molecule has 0 saturated carbocycles. The molecule has 1 aromatic rings. The van der Waals surface area contributed by atoms with Gasteiger partial charge in [-0.3, -0.25) is 4.79 Å². The Morgan fingerprint density at radius 1 is 1.39 bits per heavy atom. The maximum Gasteiger partial charge on any atom is 0.247 e. The number of amides is 1. The quantitative estimate of drug-likeness (QED) is 0.687. The van der Waals surface area contributed by atoms with Gasteiger partial charge in [-0.05, 0) is 18.1 Å². The average Bonchev–Trinajstić information content (AvgIpc) is 2.34. The van der Waals surface area contributed by atoms with E-state index in [1.807, 2.05) is 37.3 Å². The number of rotatable bonds is 4. The van der Waals surface area contributed by atoms with E-state index in [9.17, 15) is 9.90 Å². The Bertz CT molecular complexity index is 448. The summed E-state index contributed by atoms with van der Waals surface area (Å²) >= 11 is 0. The Morgan fingerprint density at radius 3 is 2.56 bits per heavy atom. The molecule has 1 heterocycles. The van der Waals surface area contributed by atoms with Crippen LogP contribution in [0.5, 0.6) is 0 Å². The third kappa shape index (κ3) is 2.78. The Labute approximate surface area is 107 Å². The van der Waals surface area contributed by atoms with E-state index < -0.39 is 0 Å². The minimum absolute atomic E-state index is 0.101. The molecule has 96 valence electrons. The zero-order chi connectivity index (χ0) is 13.0. The van der Waals surface area contributed by atoms with E-state index in [0.29, 0.717) is 0 Å². The van der Waals surface area contributed by atoms with Gasteiger partial charge in [-0.15, -0.1) is 0 Å². The van der Waals surface area contributed by atoms with Crippen LogP contribution in [0.1, 0.15) is 18.5 Å². The van der Waals surface area contributed by atoms with Gasteiger partial charge >= 0.3 is 0 Å². The zero-order valence-electron chi connectivity index (χ0n) is 10.4. The minimum Gasteiger partial charge on any atom is -0.394 e. The van der Waals surface area contributed by atoms with Crippen LogP contribution in [0.15, 0.2) is 41.5 Å². The lowest BCUT2D eigenvalue weighted by molar-refractivity contribution is -0.118. The van der Waals surface area contributed by atoms with Crippen LogP contribution in [-0.4, -0.2) is 30.7 Å². The molecule has 1 aromatic carbocycles. The third-order valence-corrected chi connectivity index (χ3v) is 3.24. The summed E-state index contributed by atoms with van der Waals surface area (Å²) in [6, 6.07) is 9.15. The first kappa shape index (κ1) is 12.8. The zero-order valence-corrected chi connectivity index (χ0v) is 10.4. The molecule has 0 aliphatic carbocycles. The number of hydrogen-bond donors (Lipinski definition) is 3. The fourth-order valence-corrected chi connectivity index (χ4v) is 1.86.